The van der Waals surface area contributed by atoms with Gasteiger partial charge in [-0.1, -0.05) is 0 Å². The second-order valence-electron chi connectivity index (χ2n) is 3.75. The summed E-state index contributed by atoms with van der Waals surface area (Å²) in [6.07, 6.45) is -0.357. The molecule has 0 bridgehead atoms. The van der Waals surface area contributed by atoms with Gasteiger partial charge in [0.15, 0.2) is 0 Å². The summed E-state index contributed by atoms with van der Waals surface area (Å²) in [5.41, 5.74) is 0. The predicted molar refractivity (Wildman–Crippen MR) is 71.7 cm³/mol. The minimum absolute atomic E-state index is 0.101. The predicted octanol–water partition coefficient (Wildman–Crippen LogP) is 0.196. The van der Waals surface area contributed by atoms with Crippen molar-refractivity contribution in [2.45, 2.75) is 39.5 Å². The Morgan fingerprint density at radius 3 is 1.32 bits per heavy atom. The van der Waals surface area contributed by atoms with E-state index >= 15 is 0 Å². The lowest BCUT2D eigenvalue weighted by atomic mass is 10.2. The lowest BCUT2D eigenvalue weighted by Crippen LogP contribution is -2.16. The van der Waals surface area contributed by atoms with Crippen molar-refractivity contribution >= 4 is 32.7 Å². The van der Waals surface area contributed by atoms with E-state index in [0.717, 1.165) is 0 Å². The summed E-state index contributed by atoms with van der Waals surface area (Å²) in [5, 5.41) is 0. The standard InChI is InChI=1S/C10H18O10S2/c1-3-17-21(13,14)19-9(11)7-5-6-8-10(12)20-22(15,16)18-4-2/h3-8H2,1-2H3. The Morgan fingerprint density at radius 2 is 1.05 bits per heavy atom. The largest absolute Gasteiger partial charge is 0.451 e. The Hall–Kier alpha value is -1.24. The first-order valence-corrected chi connectivity index (χ1v) is 9.02. The van der Waals surface area contributed by atoms with E-state index < -0.39 is 32.7 Å². The van der Waals surface area contributed by atoms with E-state index in [1.54, 1.807) is 0 Å². The minimum atomic E-state index is -4.35. The summed E-state index contributed by atoms with van der Waals surface area (Å²) < 4.78 is 60.5. The molecule has 0 aromatic heterocycles. The third kappa shape index (κ3) is 10.5. The van der Waals surface area contributed by atoms with Gasteiger partial charge in [0.1, 0.15) is 0 Å². The Balaban J connectivity index is 3.98. The molecule has 10 nitrogen and oxygen atoms in total. The highest BCUT2D eigenvalue weighted by molar-refractivity contribution is 7.82. The number of rotatable bonds is 11. The van der Waals surface area contributed by atoms with E-state index in [9.17, 15) is 26.4 Å². The zero-order chi connectivity index (χ0) is 17.2. The fourth-order valence-electron chi connectivity index (χ4n) is 1.19. The van der Waals surface area contributed by atoms with Crippen LogP contribution in [-0.2, 0) is 47.1 Å². The van der Waals surface area contributed by atoms with Gasteiger partial charge in [-0.05, 0) is 26.7 Å². The highest BCUT2D eigenvalue weighted by Crippen LogP contribution is 2.07. The first-order valence-electron chi connectivity index (χ1n) is 6.35. The van der Waals surface area contributed by atoms with E-state index in [1.165, 1.54) is 13.8 Å². The first-order chi connectivity index (χ1) is 10.1. The van der Waals surface area contributed by atoms with E-state index in [1.807, 2.05) is 0 Å². The van der Waals surface area contributed by atoms with E-state index in [4.69, 9.17) is 0 Å². The first kappa shape index (κ1) is 20.8. The molecule has 0 rings (SSSR count). The lowest BCUT2D eigenvalue weighted by molar-refractivity contribution is -0.136. The van der Waals surface area contributed by atoms with Gasteiger partial charge in [-0.2, -0.15) is 16.8 Å². The van der Waals surface area contributed by atoms with Crippen LogP contribution in [0.5, 0.6) is 0 Å². The van der Waals surface area contributed by atoms with Crippen molar-refractivity contribution in [1.29, 1.82) is 0 Å². The molecule has 0 atom stereocenters. The van der Waals surface area contributed by atoms with Gasteiger partial charge < -0.3 is 8.37 Å². The molecule has 0 radical (unpaired) electrons. The molecule has 0 N–H and O–H groups in total. The van der Waals surface area contributed by atoms with Crippen molar-refractivity contribution < 1.29 is 43.2 Å². The average molecular weight is 362 g/mol. The molecule has 0 unspecified atom stereocenters. The average Bonchev–Trinajstić information content (AvgIpc) is 2.33. The molecule has 0 saturated carbocycles. The highest BCUT2D eigenvalue weighted by Gasteiger charge is 2.19. The van der Waals surface area contributed by atoms with Gasteiger partial charge in [-0.25, -0.2) is 8.37 Å². The van der Waals surface area contributed by atoms with Gasteiger partial charge in [0.25, 0.3) is 0 Å². The Kier molecular flexibility index (Phi) is 9.16. The van der Waals surface area contributed by atoms with Crippen LogP contribution in [-0.4, -0.2) is 42.0 Å². The third-order valence-corrected chi connectivity index (χ3v) is 3.75. The van der Waals surface area contributed by atoms with Crippen LogP contribution in [0.15, 0.2) is 0 Å². The van der Waals surface area contributed by atoms with Crippen LogP contribution >= 0.6 is 0 Å². The maximum atomic E-state index is 11.2. The summed E-state index contributed by atoms with van der Waals surface area (Å²) in [5.74, 6) is -2.08. The van der Waals surface area contributed by atoms with Gasteiger partial charge in [0.05, 0.1) is 13.2 Å². The van der Waals surface area contributed by atoms with Gasteiger partial charge >= 0.3 is 32.7 Å². The third-order valence-electron chi connectivity index (χ3n) is 1.93. The summed E-state index contributed by atoms with van der Waals surface area (Å²) in [6.45, 7) is 2.48. The second-order valence-corrected chi connectivity index (χ2v) is 6.19. The molecule has 0 aliphatic carbocycles. The molecule has 0 aliphatic rings. The van der Waals surface area contributed by atoms with Crippen LogP contribution in [0.1, 0.15) is 39.5 Å². The molecule has 0 heterocycles. The molecule has 130 valence electrons. The summed E-state index contributed by atoms with van der Waals surface area (Å²) in [6, 6.07) is 0. The van der Waals surface area contributed by atoms with Crippen molar-refractivity contribution in [1.82, 2.24) is 0 Å². The van der Waals surface area contributed by atoms with Crippen molar-refractivity contribution in [2.24, 2.45) is 0 Å². The Labute approximate surface area is 129 Å². The molecular formula is C10H18O10S2. The topological polar surface area (TPSA) is 139 Å². The van der Waals surface area contributed by atoms with Gasteiger partial charge in [0, 0.05) is 12.8 Å². The van der Waals surface area contributed by atoms with Crippen LogP contribution in [0.3, 0.4) is 0 Å². The normalized spacial score (nSPS) is 11.9. The number of hydrogen-bond donors (Lipinski definition) is 0. The van der Waals surface area contributed by atoms with Gasteiger partial charge in [0.2, 0.25) is 0 Å². The molecule has 0 aromatic rings. The smallest absolute Gasteiger partial charge is 0.325 e. The molecule has 0 aliphatic heterocycles. The molecule has 0 saturated heterocycles. The van der Waals surface area contributed by atoms with E-state index in [0.29, 0.717) is 0 Å². The van der Waals surface area contributed by atoms with Crippen LogP contribution in [0, 0.1) is 0 Å². The summed E-state index contributed by atoms with van der Waals surface area (Å²) in [4.78, 5) is 22.4. The van der Waals surface area contributed by atoms with Crippen molar-refractivity contribution in [3.8, 4) is 0 Å². The summed E-state index contributed by atoms with van der Waals surface area (Å²) in [7, 11) is -8.70. The van der Waals surface area contributed by atoms with Crippen LogP contribution < -0.4 is 0 Å². The highest BCUT2D eigenvalue weighted by atomic mass is 32.3. The van der Waals surface area contributed by atoms with Crippen molar-refractivity contribution in [2.75, 3.05) is 13.2 Å². The Morgan fingerprint density at radius 1 is 0.727 bits per heavy atom. The fourth-order valence-corrected chi connectivity index (χ4v) is 2.48. The molecule has 0 fully saturated rings. The molecule has 0 spiro atoms. The fraction of sp³-hybridized carbons (Fsp3) is 0.800. The molecule has 22 heavy (non-hydrogen) atoms. The number of carbonyl (C=O) groups is 2. The van der Waals surface area contributed by atoms with E-state index in [2.05, 4.69) is 16.7 Å². The molecule has 0 amide bonds. The van der Waals surface area contributed by atoms with Gasteiger partial charge in [-0.15, -0.1) is 0 Å². The van der Waals surface area contributed by atoms with Crippen LogP contribution in [0.4, 0.5) is 0 Å². The van der Waals surface area contributed by atoms with Crippen LogP contribution in [0.2, 0.25) is 0 Å². The molecule has 0 aromatic carbocycles. The zero-order valence-electron chi connectivity index (χ0n) is 12.1. The van der Waals surface area contributed by atoms with Crippen molar-refractivity contribution in [3.05, 3.63) is 0 Å². The number of carbonyl (C=O) groups excluding carboxylic acids is 2. The quantitative estimate of drug-likeness (QED) is 0.468. The maximum Gasteiger partial charge on any atom is 0.451 e. The van der Waals surface area contributed by atoms with E-state index in [-0.39, 0.29) is 38.9 Å². The van der Waals surface area contributed by atoms with Crippen LogP contribution in [0.25, 0.3) is 0 Å². The molecule has 12 heteroatoms. The number of hydrogen-bond acceptors (Lipinski definition) is 10. The minimum Gasteiger partial charge on any atom is -0.325 e. The lowest BCUT2D eigenvalue weighted by Gasteiger charge is -2.05. The second kappa shape index (κ2) is 9.71. The summed E-state index contributed by atoms with van der Waals surface area (Å²) >= 11 is 0. The SMILES string of the molecule is CCOS(=O)(=O)OC(=O)CCCCC(=O)OS(=O)(=O)OCC. The molecular weight excluding hydrogens is 344 g/mol. The number of unbranched alkanes of at least 4 members (excludes halogenated alkanes) is 1. The zero-order valence-corrected chi connectivity index (χ0v) is 13.8. The Bertz CT molecular complexity index is 511. The van der Waals surface area contributed by atoms with Gasteiger partial charge in [-0.3, -0.25) is 9.59 Å². The maximum absolute atomic E-state index is 11.2. The monoisotopic (exact) mass is 362 g/mol. The van der Waals surface area contributed by atoms with Crippen molar-refractivity contribution in [3.63, 3.8) is 0 Å².